The second-order valence-electron chi connectivity index (χ2n) is 3.14. The highest BCUT2D eigenvalue weighted by Crippen LogP contribution is 2.17. The highest BCUT2D eigenvalue weighted by atomic mass is 16.5. The van der Waals surface area contributed by atoms with Crippen LogP contribution in [-0.2, 0) is 19.1 Å². The molecule has 0 saturated carbocycles. The largest absolute Gasteiger partial charge is 0.469 e. The minimum atomic E-state index is -0.389. The van der Waals surface area contributed by atoms with E-state index in [0.29, 0.717) is 18.4 Å². The van der Waals surface area contributed by atoms with Gasteiger partial charge in [0.15, 0.2) is 0 Å². The SMILES string of the molecule is C/C=C(/CC(CC)C(=O)OC)C(=O)OC. The van der Waals surface area contributed by atoms with Gasteiger partial charge in [-0.05, 0) is 19.8 Å². The average Bonchev–Trinajstić information content (AvgIpc) is 2.28. The predicted molar refractivity (Wildman–Crippen MR) is 56.2 cm³/mol. The van der Waals surface area contributed by atoms with Gasteiger partial charge in [-0.2, -0.15) is 0 Å². The van der Waals surface area contributed by atoms with Crippen LogP contribution in [0.2, 0.25) is 0 Å². The molecular formula is C11H18O4. The topological polar surface area (TPSA) is 52.6 Å². The number of ether oxygens (including phenoxy) is 2. The molecule has 0 saturated heterocycles. The molecule has 86 valence electrons. The normalized spacial score (nSPS) is 13.2. The molecule has 4 heteroatoms. The first kappa shape index (κ1) is 13.7. The monoisotopic (exact) mass is 214 g/mol. The summed E-state index contributed by atoms with van der Waals surface area (Å²) in [5, 5.41) is 0. The molecule has 0 aliphatic carbocycles. The summed E-state index contributed by atoms with van der Waals surface area (Å²) in [6.07, 6.45) is 2.67. The molecule has 0 N–H and O–H groups in total. The van der Waals surface area contributed by atoms with E-state index >= 15 is 0 Å². The van der Waals surface area contributed by atoms with Gasteiger partial charge in [0.05, 0.1) is 20.1 Å². The van der Waals surface area contributed by atoms with Gasteiger partial charge in [-0.15, -0.1) is 0 Å². The summed E-state index contributed by atoms with van der Waals surface area (Å²) >= 11 is 0. The van der Waals surface area contributed by atoms with Crippen molar-refractivity contribution in [2.24, 2.45) is 5.92 Å². The van der Waals surface area contributed by atoms with Gasteiger partial charge < -0.3 is 9.47 Å². The minimum Gasteiger partial charge on any atom is -0.469 e. The zero-order valence-corrected chi connectivity index (χ0v) is 9.70. The third-order valence-electron chi connectivity index (χ3n) is 2.29. The Morgan fingerprint density at radius 3 is 2.20 bits per heavy atom. The highest BCUT2D eigenvalue weighted by molar-refractivity contribution is 5.89. The highest BCUT2D eigenvalue weighted by Gasteiger charge is 2.21. The molecule has 0 spiro atoms. The number of methoxy groups -OCH3 is 2. The summed E-state index contributed by atoms with van der Waals surface area (Å²) in [5.74, 6) is -0.957. The first-order valence-corrected chi connectivity index (χ1v) is 4.91. The van der Waals surface area contributed by atoms with Crippen LogP contribution in [0, 0.1) is 5.92 Å². The Kier molecular flexibility index (Phi) is 6.42. The molecule has 4 nitrogen and oxygen atoms in total. The fourth-order valence-corrected chi connectivity index (χ4v) is 1.28. The Morgan fingerprint density at radius 2 is 1.87 bits per heavy atom. The van der Waals surface area contributed by atoms with E-state index in [9.17, 15) is 9.59 Å². The zero-order valence-electron chi connectivity index (χ0n) is 9.70. The van der Waals surface area contributed by atoms with E-state index in [1.807, 2.05) is 6.92 Å². The third-order valence-corrected chi connectivity index (χ3v) is 2.29. The molecule has 0 radical (unpaired) electrons. The number of hydrogen-bond acceptors (Lipinski definition) is 4. The first-order chi connectivity index (χ1) is 7.10. The molecule has 0 amide bonds. The maximum absolute atomic E-state index is 11.3. The van der Waals surface area contributed by atoms with Crippen LogP contribution in [0.5, 0.6) is 0 Å². The van der Waals surface area contributed by atoms with Crippen molar-refractivity contribution in [3.05, 3.63) is 11.6 Å². The third kappa shape index (κ3) is 4.14. The molecule has 0 aromatic carbocycles. The van der Waals surface area contributed by atoms with Crippen molar-refractivity contribution in [3.63, 3.8) is 0 Å². The van der Waals surface area contributed by atoms with Crippen molar-refractivity contribution < 1.29 is 19.1 Å². The zero-order chi connectivity index (χ0) is 11.8. The predicted octanol–water partition coefficient (Wildman–Crippen LogP) is 1.70. The summed E-state index contributed by atoms with van der Waals surface area (Å²) in [6, 6.07) is 0. The van der Waals surface area contributed by atoms with Crippen LogP contribution in [0.25, 0.3) is 0 Å². The van der Waals surface area contributed by atoms with Crippen molar-refractivity contribution >= 4 is 11.9 Å². The van der Waals surface area contributed by atoms with E-state index in [4.69, 9.17) is 0 Å². The standard InChI is InChI=1S/C11H18O4/c1-5-8(10(12)14-3)7-9(6-2)11(13)15-4/h5,9H,6-7H2,1-4H3/b8-5-. The van der Waals surface area contributed by atoms with E-state index in [1.54, 1.807) is 13.0 Å². The molecular weight excluding hydrogens is 196 g/mol. The number of rotatable bonds is 5. The van der Waals surface area contributed by atoms with Gasteiger partial charge in [-0.25, -0.2) is 4.79 Å². The van der Waals surface area contributed by atoms with Gasteiger partial charge in [0.2, 0.25) is 0 Å². The van der Waals surface area contributed by atoms with Crippen molar-refractivity contribution in [2.75, 3.05) is 14.2 Å². The molecule has 1 unspecified atom stereocenters. The van der Waals surface area contributed by atoms with E-state index in [0.717, 1.165) is 0 Å². The minimum absolute atomic E-state index is 0.278. The molecule has 0 fully saturated rings. The van der Waals surface area contributed by atoms with Crippen LogP contribution in [0.3, 0.4) is 0 Å². The maximum Gasteiger partial charge on any atom is 0.333 e. The summed E-state index contributed by atoms with van der Waals surface area (Å²) in [6.45, 7) is 3.63. The van der Waals surface area contributed by atoms with Gasteiger partial charge in [-0.3, -0.25) is 4.79 Å². The Balaban J connectivity index is 4.52. The van der Waals surface area contributed by atoms with Crippen molar-refractivity contribution in [2.45, 2.75) is 26.7 Å². The van der Waals surface area contributed by atoms with E-state index in [2.05, 4.69) is 9.47 Å². The van der Waals surface area contributed by atoms with Crippen LogP contribution >= 0.6 is 0 Å². The number of carbonyl (C=O) groups is 2. The molecule has 15 heavy (non-hydrogen) atoms. The molecule has 0 aromatic rings. The summed E-state index contributed by atoms with van der Waals surface area (Å²) in [7, 11) is 2.67. The van der Waals surface area contributed by atoms with Gasteiger partial charge in [-0.1, -0.05) is 13.0 Å². The Morgan fingerprint density at radius 1 is 1.27 bits per heavy atom. The lowest BCUT2D eigenvalue weighted by molar-refractivity contribution is -0.145. The molecule has 0 aromatic heterocycles. The molecule has 0 aliphatic rings. The number of esters is 2. The maximum atomic E-state index is 11.3. The van der Waals surface area contributed by atoms with E-state index < -0.39 is 0 Å². The molecule has 1 atom stereocenters. The molecule has 0 rings (SSSR count). The van der Waals surface area contributed by atoms with Crippen LogP contribution in [0.4, 0.5) is 0 Å². The molecule has 0 aliphatic heterocycles. The fraction of sp³-hybridized carbons (Fsp3) is 0.636. The van der Waals surface area contributed by atoms with Crippen LogP contribution in [0.1, 0.15) is 26.7 Å². The quantitative estimate of drug-likeness (QED) is 0.516. The van der Waals surface area contributed by atoms with Gasteiger partial charge in [0.1, 0.15) is 0 Å². The summed E-state index contributed by atoms with van der Waals surface area (Å²) in [4.78, 5) is 22.6. The number of carbonyl (C=O) groups excluding carboxylic acids is 2. The second-order valence-corrected chi connectivity index (χ2v) is 3.14. The van der Waals surface area contributed by atoms with Gasteiger partial charge in [0, 0.05) is 5.57 Å². The summed E-state index contributed by atoms with van der Waals surface area (Å²) < 4.78 is 9.25. The number of allylic oxidation sites excluding steroid dienone is 1. The Labute approximate surface area is 90.2 Å². The summed E-state index contributed by atoms with van der Waals surface area (Å²) in [5.41, 5.74) is 0.509. The molecule has 0 bridgehead atoms. The lowest BCUT2D eigenvalue weighted by atomic mass is 9.97. The van der Waals surface area contributed by atoms with Crippen LogP contribution in [-0.4, -0.2) is 26.2 Å². The van der Waals surface area contributed by atoms with Crippen molar-refractivity contribution in [1.82, 2.24) is 0 Å². The van der Waals surface area contributed by atoms with E-state index in [-0.39, 0.29) is 17.9 Å². The Hall–Kier alpha value is -1.32. The Bertz CT molecular complexity index is 255. The fourth-order valence-electron chi connectivity index (χ4n) is 1.28. The van der Waals surface area contributed by atoms with Crippen molar-refractivity contribution in [3.8, 4) is 0 Å². The van der Waals surface area contributed by atoms with Gasteiger partial charge in [0.25, 0.3) is 0 Å². The second kappa shape index (κ2) is 7.04. The van der Waals surface area contributed by atoms with Crippen LogP contribution < -0.4 is 0 Å². The lowest BCUT2D eigenvalue weighted by Crippen LogP contribution is -2.18. The first-order valence-electron chi connectivity index (χ1n) is 4.91. The van der Waals surface area contributed by atoms with E-state index in [1.165, 1.54) is 14.2 Å². The van der Waals surface area contributed by atoms with Crippen molar-refractivity contribution in [1.29, 1.82) is 0 Å². The number of hydrogen-bond donors (Lipinski definition) is 0. The van der Waals surface area contributed by atoms with Crippen LogP contribution in [0.15, 0.2) is 11.6 Å². The smallest absolute Gasteiger partial charge is 0.333 e. The molecule has 0 heterocycles. The van der Waals surface area contributed by atoms with Gasteiger partial charge >= 0.3 is 11.9 Å². The average molecular weight is 214 g/mol. The lowest BCUT2D eigenvalue weighted by Gasteiger charge is -2.13.